The van der Waals surface area contributed by atoms with Crippen LogP contribution in [0, 0.1) is 0 Å². The molecule has 0 radical (unpaired) electrons. The molecule has 0 spiro atoms. The van der Waals surface area contributed by atoms with Gasteiger partial charge in [-0.05, 0) is 40.8 Å². The molecule has 0 saturated heterocycles. The molecule has 2 aromatic rings. The third-order valence-electron chi connectivity index (χ3n) is 3.18. The van der Waals surface area contributed by atoms with Crippen LogP contribution >= 0.6 is 23.2 Å². The number of nitrogens with zero attached hydrogens (tertiary/aromatic N) is 1. The van der Waals surface area contributed by atoms with Crippen molar-refractivity contribution >= 4 is 29.2 Å². The summed E-state index contributed by atoms with van der Waals surface area (Å²) in [6.07, 6.45) is 0. The van der Waals surface area contributed by atoms with Crippen molar-refractivity contribution in [3.05, 3.63) is 63.4 Å². The normalized spacial score (nSPS) is 11.3. The Bertz CT molecular complexity index is 656. The number of esters is 1. The van der Waals surface area contributed by atoms with Crippen LogP contribution in [0.4, 0.5) is 0 Å². The number of benzene rings is 1. The van der Waals surface area contributed by atoms with E-state index in [0.717, 1.165) is 5.56 Å². The van der Waals surface area contributed by atoms with Gasteiger partial charge in [-0.25, -0.2) is 9.78 Å². The lowest BCUT2D eigenvalue weighted by Crippen LogP contribution is -2.12. The van der Waals surface area contributed by atoms with Crippen molar-refractivity contribution in [2.45, 2.75) is 32.8 Å². The second-order valence-corrected chi connectivity index (χ2v) is 6.80. The van der Waals surface area contributed by atoms with Gasteiger partial charge < -0.3 is 4.74 Å². The van der Waals surface area contributed by atoms with Gasteiger partial charge in [0.25, 0.3) is 0 Å². The molecule has 22 heavy (non-hydrogen) atoms. The molecule has 0 amide bonds. The summed E-state index contributed by atoms with van der Waals surface area (Å²) in [7, 11) is 0. The molecule has 1 heterocycles. The van der Waals surface area contributed by atoms with Gasteiger partial charge in [0.2, 0.25) is 0 Å². The van der Waals surface area contributed by atoms with Crippen molar-refractivity contribution in [3.63, 3.8) is 0 Å². The molecule has 116 valence electrons. The minimum atomic E-state index is -0.385. The van der Waals surface area contributed by atoms with E-state index in [9.17, 15) is 4.79 Å². The van der Waals surface area contributed by atoms with Crippen LogP contribution in [-0.4, -0.2) is 11.0 Å². The van der Waals surface area contributed by atoms with Gasteiger partial charge in [0, 0.05) is 0 Å². The third-order valence-corrected chi connectivity index (χ3v) is 3.57. The molecule has 1 aromatic carbocycles. The smallest absolute Gasteiger partial charge is 0.338 e. The van der Waals surface area contributed by atoms with Crippen LogP contribution in [0.15, 0.2) is 36.4 Å². The van der Waals surface area contributed by atoms with E-state index in [1.54, 1.807) is 24.3 Å². The minimum Gasteiger partial charge on any atom is -0.457 e. The van der Waals surface area contributed by atoms with E-state index in [4.69, 9.17) is 27.9 Å². The highest BCUT2D eigenvalue weighted by molar-refractivity contribution is 6.32. The molecule has 0 aliphatic rings. The van der Waals surface area contributed by atoms with Crippen LogP contribution in [0.25, 0.3) is 0 Å². The van der Waals surface area contributed by atoms with Crippen molar-refractivity contribution in [3.8, 4) is 0 Å². The maximum atomic E-state index is 12.0. The Morgan fingerprint density at radius 3 is 2.14 bits per heavy atom. The first-order valence-electron chi connectivity index (χ1n) is 6.85. The van der Waals surface area contributed by atoms with E-state index in [1.807, 2.05) is 12.1 Å². The summed E-state index contributed by atoms with van der Waals surface area (Å²) >= 11 is 11.6. The second-order valence-electron chi connectivity index (χ2n) is 6.02. The Balaban J connectivity index is 2.03. The fourth-order valence-corrected chi connectivity index (χ4v) is 2.44. The first-order chi connectivity index (χ1) is 10.3. The summed E-state index contributed by atoms with van der Waals surface area (Å²) in [4.78, 5) is 15.9. The molecule has 0 bridgehead atoms. The van der Waals surface area contributed by atoms with Gasteiger partial charge in [-0.1, -0.05) is 56.1 Å². The minimum absolute atomic E-state index is 0.0486. The Hall–Kier alpha value is -1.58. The standard InChI is InChI=1S/C17H17Cl2NO2/c1-17(2,3)13-6-4-12(5-7-13)16(21)22-10-11-8-14(18)20-15(19)9-11/h4-9H,10H2,1-3H3. The number of pyridine rings is 1. The zero-order chi connectivity index (χ0) is 16.3. The molecule has 0 N–H and O–H groups in total. The average Bonchev–Trinajstić information content (AvgIpc) is 2.43. The average molecular weight is 338 g/mol. The monoisotopic (exact) mass is 337 g/mol. The number of carbonyl (C=O) groups is 1. The SMILES string of the molecule is CC(C)(C)c1ccc(C(=O)OCc2cc(Cl)nc(Cl)c2)cc1. The van der Waals surface area contributed by atoms with Crippen LogP contribution in [0.3, 0.4) is 0 Å². The van der Waals surface area contributed by atoms with E-state index in [1.165, 1.54) is 0 Å². The fraction of sp³-hybridized carbons (Fsp3) is 0.294. The predicted molar refractivity (Wildman–Crippen MR) is 88.5 cm³/mol. The fourth-order valence-electron chi connectivity index (χ4n) is 1.94. The highest BCUT2D eigenvalue weighted by Gasteiger charge is 2.15. The zero-order valence-corrected chi connectivity index (χ0v) is 14.2. The predicted octanol–water partition coefficient (Wildman–Crippen LogP) is 5.04. The maximum absolute atomic E-state index is 12.0. The summed E-state index contributed by atoms with van der Waals surface area (Å²) < 4.78 is 5.27. The highest BCUT2D eigenvalue weighted by atomic mass is 35.5. The number of rotatable bonds is 3. The Morgan fingerprint density at radius 2 is 1.64 bits per heavy atom. The number of hydrogen-bond acceptors (Lipinski definition) is 3. The molecule has 1 aromatic heterocycles. The van der Waals surface area contributed by atoms with Crippen molar-refractivity contribution in [2.24, 2.45) is 0 Å². The first kappa shape index (κ1) is 16.8. The van der Waals surface area contributed by atoms with Crippen molar-refractivity contribution < 1.29 is 9.53 Å². The van der Waals surface area contributed by atoms with E-state index in [-0.39, 0.29) is 28.3 Å². The molecule has 5 heteroatoms. The van der Waals surface area contributed by atoms with E-state index >= 15 is 0 Å². The molecular formula is C17H17Cl2NO2. The van der Waals surface area contributed by atoms with Gasteiger partial charge in [-0.2, -0.15) is 0 Å². The molecule has 0 aliphatic carbocycles. The largest absolute Gasteiger partial charge is 0.457 e. The lowest BCUT2D eigenvalue weighted by Gasteiger charge is -2.18. The van der Waals surface area contributed by atoms with E-state index in [2.05, 4.69) is 25.8 Å². The number of ether oxygens (including phenoxy) is 1. The third kappa shape index (κ3) is 4.46. The number of halogens is 2. The molecule has 0 saturated carbocycles. The zero-order valence-electron chi connectivity index (χ0n) is 12.7. The summed E-state index contributed by atoms with van der Waals surface area (Å²) in [5.74, 6) is -0.385. The van der Waals surface area contributed by atoms with Crippen molar-refractivity contribution in [1.82, 2.24) is 4.98 Å². The Labute approximate surface area is 140 Å². The van der Waals surface area contributed by atoms with Crippen LogP contribution in [-0.2, 0) is 16.8 Å². The van der Waals surface area contributed by atoms with Crippen LogP contribution in [0.1, 0.15) is 42.3 Å². The highest BCUT2D eigenvalue weighted by Crippen LogP contribution is 2.22. The maximum Gasteiger partial charge on any atom is 0.338 e. The molecule has 3 nitrogen and oxygen atoms in total. The number of hydrogen-bond donors (Lipinski definition) is 0. The molecule has 2 rings (SSSR count). The summed E-state index contributed by atoms with van der Waals surface area (Å²) in [5, 5.41) is 0.543. The van der Waals surface area contributed by atoms with Gasteiger partial charge in [-0.15, -0.1) is 0 Å². The Morgan fingerprint density at radius 1 is 1.09 bits per heavy atom. The Kier molecular flexibility index (Phi) is 5.09. The molecular weight excluding hydrogens is 321 g/mol. The van der Waals surface area contributed by atoms with Gasteiger partial charge in [0.05, 0.1) is 5.56 Å². The first-order valence-corrected chi connectivity index (χ1v) is 7.61. The quantitative estimate of drug-likeness (QED) is 0.581. The van der Waals surface area contributed by atoms with Crippen LogP contribution < -0.4 is 0 Å². The molecule has 0 fully saturated rings. The van der Waals surface area contributed by atoms with Gasteiger partial charge in [-0.3, -0.25) is 0 Å². The van der Waals surface area contributed by atoms with Gasteiger partial charge in [0.1, 0.15) is 16.9 Å². The van der Waals surface area contributed by atoms with Gasteiger partial charge in [0.15, 0.2) is 0 Å². The topological polar surface area (TPSA) is 39.2 Å². The second kappa shape index (κ2) is 6.67. The molecule has 0 unspecified atom stereocenters. The van der Waals surface area contributed by atoms with Crippen LogP contribution in [0.2, 0.25) is 10.3 Å². The van der Waals surface area contributed by atoms with Crippen molar-refractivity contribution in [1.29, 1.82) is 0 Å². The summed E-state index contributed by atoms with van der Waals surface area (Å²) in [6, 6.07) is 10.7. The molecule has 0 aliphatic heterocycles. The number of aromatic nitrogens is 1. The molecule has 0 atom stereocenters. The van der Waals surface area contributed by atoms with Gasteiger partial charge >= 0.3 is 5.97 Å². The lowest BCUT2D eigenvalue weighted by molar-refractivity contribution is 0.0472. The lowest BCUT2D eigenvalue weighted by atomic mass is 9.87. The van der Waals surface area contributed by atoms with E-state index in [0.29, 0.717) is 11.1 Å². The summed E-state index contributed by atoms with van der Waals surface area (Å²) in [5.41, 5.74) is 2.42. The van der Waals surface area contributed by atoms with Crippen molar-refractivity contribution in [2.75, 3.05) is 0 Å². The summed E-state index contributed by atoms with van der Waals surface area (Å²) in [6.45, 7) is 6.47. The van der Waals surface area contributed by atoms with E-state index < -0.39 is 0 Å². The number of carbonyl (C=O) groups excluding carboxylic acids is 1. The van der Waals surface area contributed by atoms with Crippen LogP contribution in [0.5, 0.6) is 0 Å².